The maximum atomic E-state index is 13.1. The normalized spacial score (nSPS) is 17.3. The first kappa shape index (κ1) is 21.3. The quantitative estimate of drug-likeness (QED) is 0.514. The van der Waals surface area contributed by atoms with Crippen LogP contribution in [0.5, 0.6) is 17.2 Å². The van der Waals surface area contributed by atoms with Crippen LogP contribution in [0.1, 0.15) is 22.8 Å². The van der Waals surface area contributed by atoms with E-state index in [4.69, 9.17) is 26.1 Å². The third-order valence-corrected chi connectivity index (χ3v) is 6.24. The summed E-state index contributed by atoms with van der Waals surface area (Å²) in [6, 6.07) is 20.6. The van der Waals surface area contributed by atoms with E-state index < -0.39 is 0 Å². The smallest absolute Gasteiger partial charge is 0.254 e. The van der Waals surface area contributed by atoms with Gasteiger partial charge in [-0.05, 0) is 49.4 Å². The van der Waals surface area contributed by atoms with Crippen LogP contribution in [0.2, 0.25) is 5.02 Å². The van der Waals surface area contributed by atoms with Crippen molar-refractivity contribution in [1.82, 2.24) is 9.80 Å². The van der Waals surface area contributed by atoms with Gasteiger partial charge >= 0.3 is 0 Å². The Morgan fingerprint density at radius 2 is 1.91 bits per heavy atom. The number of para-hydroxylation sites is 3. The SMILES string of the molecule is COc1cccc2c1Oc1ccccc1N=C2N1CCN(C(=O)c2cccc(Cl)c2)C(C)C1. The second-order valence-electron chi connectivity index (χ2n) is 8.15. The van der Waals surface area contributed by atoms with Crippen LogP contribution in [0.3, 0.4) is 0 Å². The molecule has 1 saturated heterocycles. The van der Waals surface area contributed by atoms with Crippen molar-refractivity contribution in [3.8, 4) is 17.2 Å². The number of methoxy groups -OCH3 is 1. The van der Waals surface area contributed by atoms with Crippen molar-refractivity contribution < 1.29 is 14.3 Å². The molecule has 3 aromatic carbocycles. The summed E-state index contributed by atoms with van der Waals surface area (Å²) in [7, 11) is 1.63. The number of halogens is 1. The highest BCUT2D eigenvalue weighted by atomic mass is 35.5. The molecule has 0 spiro atoms. The number of nitrogens with zero attached hydrogens (tertiary/aromatic N) is 3. The number of hydrogen-bond acceptors (Lipinski definition) is 5. The third-order valence-electron chi connectivity index (χ3n) is 6.00. The van der Waals surface area contributed by atoms with Crippen molar-refractivity contribution in [2.24, 2.45) is 4.99 Å². The Labute approximate surface area is 198 Å². The van der Waals surface area contributed by atoms with Crippen LogP contribution in [0.15, 0.2) is 71.7 Å². The maximum absolute atomic E-state index is 13.1. The summed E-state index contributed by atoms with van der Waals surface area (Å²) in [4.78, 5) is 22.2. The molecule has 0 aliphatic carbocycles. The first-order valence-electron chi connectivity index (χ1n) is 10.9. The lowest BCUT2D eigenvalue weighted by molar-refractivity contribution is 0.0581. The first-order valence-corrected chi connectivity index (χ1v) is 11.3. The van der Waals surface area contributed by atoms with Crippen LogP contribution in [-0.4, -0.2) is 54.3 Å². The Hall–Kier alpha value is -3.51. The number of piperazine rings is 1. The molecule has 33 heavy (non-hydrogen) atoms. The summed E-state index contributed by atoms with van der Waals surface area (Å²) in [6.07, 6.45) is 0. The molecule has 2 aliphatic rings. The summed E-state index contributed by atoms with van der Waals surface area (Å²) >= 11 is 6.10. The van der Waals surface area contributed by atoms with Gasteiger partial charge in [0.05, 0.1) is 12.7 Å². The van der Waals surface area contributed by atoms with Crippen molar-refractivity contribution in [3.63, 3.8) is 0 Å². The fourth-order valence-corrected chi connectivity index (χ4v) is 4.55. The summed E-state index contributed by atoms with van der Waals surface area (Å²) in [6.45, 7) is 3.92. The molecule has 3 aromatic rings. The lowest BCUT2D eigenvalue weighted by Gasteiger charge is -2.41. The Morgan fingerprint density at radius 1 is 1.09 bits per heavy atom. The van der Waals surface area contributed by atoms with E-state index in [-0.39, 0.29) is 11.9 Å². The average Bonchev–Trinajstić information content (AvgIpc) is 3.00. The number of amidine groups is 1. The zero-order valence-corrected chi connectivity index (χ0v) is 19.2. The number of benzene rings is 3. The van der Waals surface area contributed by atoms with Crippen molar-refractivity contribution in [3.05, 3.63) is 82.9 Å². The van der Waals surface area contributed by atoms with Crippen molar-refractivity contribution in [2.45, 2.75) is 13.0 Å². The zero-order valence-electron chi connectivity index (χ0n) is 18.5. The molecule has 1 fully saturated rings. The summed E-state index contributed by atoms with van der Waals surface area (Å²) in [5, 5.41) is 0.559. The van der Waals surface area contributed by atoms with E-state index in [1.54, 1.807) is 31.4 Å². The second-order valence-corrected chi connectivity index (χ2v) is 8.58. The third kappa shape index (κ3) is 4.02. The molecule has 6 nitrogen and oxygen atoms in total. The number of carbonyl (C=O) groups excluding carboxylic acids is 1. The van der Waals surface area contributed by atoms with E-state index >= 15 is 0 Å². The Kier molecular flexibility index (Phi) is 5.68. The molecule has 168 valence electrons. The largest absolute Gasteiger partial charge is 0.493 e. The molecule has 0 bridgehead atoms. The van der Waals surface area contributed by atoms with Gasteiger partial charge in [-0.2, -0.15) is 0 Å². The number of carbonyl (C=O) groups is 1. The van der Waals surface area contributed by atoms with E-state index in [1.165, 1.54) is 0 Å². The number of amides is 1. The van der Waals surface area contributed by atoms with Gasteiger partial charge in [0.1, 0.15) is 11.5 Å². The highest BCUT2D eigenvalue weighted by molar-refractivity contribution is 6.31. The minimum absolute atomic E-state index is 0.0109. The Morgan fingerprint density at radius 3 is 2.70 bits per heavy atom. The van der Waals surface area contributed by atoms with Gasteiger partial charge in [0.15, 0.2) is 17.2 Å². The van der Waals surface area contributed by atoms with Crippen LogP contribution in [0, 0.1) is 0 Å². The van der Waals surface area contributed by atoms with Gasteiger partial charge in [-0.1, -0.05) is 35.9 Å². The van der Waals surface area contributed by atoms with Crippen molar-refractivity contribution in [1.29, 1.82) is 0 Å². The molecule has 1 amide bonds. The minimum Gasteiger partial charge on any atom is -0.493 e. The Bertz CT molecular complexity index is 1240. The molecule has 2 aliphatic heterocycles. The summed E-state index contributed by atoms with van der Waals surface area (Å²) in [5.41, 5.74) is 2.23. The maximum Gasteiger partial charge on any atom is 0.254 e. The predicted molar refractivity (Wildman–Crippen MR) is 129 cm³/mol. The van der Waals surface area contributed by atoms with Gasteiger partial charge < -0.3 is 19.3 Å². The predicted octanol–water partition coefficient (Wildman–Crippen LogP) is 5.38. The van der Waals surface area contributed by atoms with Gasteiger partial charge in [0, 0.05) is 36.3 Å². The number of rotatable bonds is 2. The molecule has 0 saturated carbocycles. The average molecular weight is 462 g/mol. The molecule has 0 aromatic heterocycles. The van der Waals surface area contributed by atoms with Crippen LogP contribution in [-0.2, 0) is 0 Å². The molecular weight excluding hydrogens is 438 g/mol. The summed E-state index contributed by atoms with van der Waals surface area (Å²) in [5.74, 6) is 2.79. The van der Waals surface area contributed by atoms with E-state index in [1.807, 2.05) is 47.4 Å². The number of fused-ring (bicyclic) bond motifs is 2. The van der Waals surface area contributed by atoms with Gasteiger partial charge in [-0.3, -0.25) is 4.79 Å². The molecule has 1 atom stereocenters. The fourth-order valence-electron chi connectivity index (χ4n) is 4.36. The molecule has 2 heterocycles. The first-order chi connectivity index (χ1) is 16.0. The lowest BCUT2D eigenvalue weighted by Crippen LogP contribution is -2.55. The van der Waals surface area contributed by atoms with E-state index in [0.717, 1.165) is 17.1 Å². The monoisotopic (exact) mass is 461 g/mol. The topological polar surface area (TPSA) is 54.4 Å². The van der Waals surface area contributed by atoms with Crippen molar-refractivity contribution in [2.75, 3.05) is 26.7 Å². The van der Waals surface area contributed by atoms with Gasteiger partial charge in [0.25, 0.3) is 5.91 Å². The highest BCUT2D eigenvalue weighted by Crippen LogP contribution is 2.42. The van der Waals surface area contributed by atoms with Gasteiger partial charge in [0.2, 0.25) is 0 Å². The van der Waals surface area contributed by atoms with Crippen LogP contribution in [0.4, 0.5) is 5.69 Å². The second kappa shape index (κ2) is 8.79. The van der Waals surface area contributed by atoms with Gasteiger partial charge in [-0.15, -0.1) is 0 Å². The number of aliphatic imine (C=N–C) groups is 1. The van der Waals surface area contributed by atoms with Crippen LogP contribution >= 0.6 is 11.6 Å². The van der Waals surface area contributed by atoms with E-state index in [9.17, 15) is 4.79 Å². The summed E-state index contributed by atoms with van der Waals surface area (Å²) < 4.78 is 11.8. The van der Waals surface area contributed by atoms with E-state index in [2.05, 4.69) is 11.8 Å². The molecule has 1 unspecified atom stereocenters. The Balaban J connectivity index is 1.47. The zero-order chi connectivity index (χ0) is 22.9. The van der Waals surface area contributed by atoms with Crippen molar-refractivity contribution >= 4 is 29.0 Å². The molecule has 0 radical (unpaired) electrons. The fraction of sp³-hybridized carbons (Fsp3) is 0.231. The molecule has 0 N–H and O–H groups in total. The molecule has 7 heteroatoms. The van der Waals surface area contributed by atoms with Crippen LogP contribution in [0.25, 0.3) is 0 Å². The molecular formula is C26H24ClN3O3. The number of hydrogen-bond donors (Lipinski definition) is 0. The highest BCUT2D eigenvalue weighted by Gasteiger charge is 2.32. The molecule has 5 rings (SSSR count). The number of ether oxygens (including phenoxy) is 2. The van der Waals surface area contributed by atoms with Gasteiger partial charge in [-0.25, -0.2) is 4.99 Å². The van der Waals surface area contributed by atoms with E-state index in [0.29, 0.717) is 47.5 Å². The standard InChI is InChI=1S/C26H24ClN3O3/c1-17-16-29(13-14-30(17)26(31)18-7-5-8-19(27)15-18)25-20-9-6-12-23(32-2)24(20)33-22-11-4-3-10-21(22)28-25/h3-12,15,17H,13-14,16H2,1-2H3. The van der Waals surface area contributed by atoms with Crippen LogP contribution < -0.4 is 9.47 Å². The lowest BCUT2D eigenvalue weighted by atomic mass is 10.1. The minimum atomic E-state index is -0.0126.